The second kappa shape index (κ2) is 11.4. The summed E-state index contributed by atoms with van der Waals surface area (Å²) in [5.74, 6) is -5.92. The Labute approximate surface area is 153 Å². The molecular weight excluding hydrogens is 366 g/mol. The van der Waals surface area contributed by atoms with E-state index >= 15 is 0 Å². The molecule has 0 aliphatic carbocycles. The molecule has 3 unspecified atom stereocenters. The lowest BCUT2D eigenvalue weighted by atomic mass is 10.1. The quantitative estimate of drug-likeness (QED) is 0.173. The number of nitrogens with two attached hydrogens (primary N) is 2. The normalized spacial score (nSPS) is 13.6. The van der Waals surface area contributed by atoms with Crippen LogP contribution in [0.1, 0.15) is 26.2 Å². The number of carbonyl (C=O) groups excluding carboxylic acids is 4. The lowest BCUT2D eigenvalue weighted by molar-refractivity contribution is -0.138. The molecule has 0 aromatic carbocycles. The van der Waals surface area contributed by atoms with Crippen molar-refractivity contribution in [2.75, 3.05) is 6.54 Å². The molecule has 0 heterocycles. The molecule has 152 valence electrons. The molecule has 0 rings (SSSR count). The average Bonchev–Trinajstić information content (AvgIpc) is 2.54. The van der Waals surface area contributed by atoms with Crippen molar-refractivity contribution in [2.45, 2.75) is 44.3 Å². The molecule has 0 fully saturated rings. The van der Waals surface area contributed by atoms with E-state index in [0.29, 0.717) is 0 Å². The van der Waals surface area contributed by atoms with Gasteiger partial charge in [0, 0.05) is 6.42 Å². The second-order valence-corrected chi connectivity index (χ2v) is 5.61. The molecular formula is C14H23N5O8. The van der Waals surface area contributed by atoms with E-state index in [0.717, 1.165) is 0 Å². The van der Waals surface area contributed by atoms with Gasteiger partial charge in [0.05, 0.1) is 12.5 Å². The Morgan fingerprint density at radius 3 is 2.00 bits per heavy atom. The first kappa shape index (κ1) is 23.8. The van der Waals surface area contributed by atoms with Crippen LogP contribution in [0.25, 0.3) is 0 Å². The van der Waals surface area contributed by atoms with Crippen molar-refractivity contribution in [2.24, 2.45) is 11.5 Å². The van der Waals surface area contributed by atoms with Crippen LogP contribution < -0.4 is 27.4 Å². The van der Waals surface area contributed by atoms with Crippen molar-refractivity contribution < 1.29 is 39.0 Å². The van der Waals surface area contributed by atoms with Crippen LogP contribution in [0.2, 0.25) is 0 Å². The first-order valence-corrected chi connectivity index (χ1v) is 7.80. The van der Waals surface area contributed by atoms with Crippen molar-refractivity contribution in [3.63, 3.8) is 0 Å². The number of carboxylic acid groups (broad SMARTS) is 2. The molecule has 4 amide bonds. The predicted octanol–water partition coefficient (Wildman–Crippen LogP) is -3.76. The number of aliphatic carboxylic acids is 2. The summed E-state index contributed by atoms with van der Waals surface area (Å²) in [5, 5.41) is 23.7. The molecule has 9 N–H and O–H groups in total. The van der Waals surface area contributed by atoms with Crippen molar-refractivity contribution in [3.05, 3.63) is 0 Å². The maximum atomic E-state index is 12.2. The third-order valence-corrected chi connectivity index (χ3v) is 3.20. The van der Waals surface area contributed by atoms with Gasteiger partial charge in [-0.15, -0.1) is 0 Å². The third kappa shape index (κ3) is 10.4. The number of nitrogens with one attached hydrogen (secondary N) is 3. The van der Waals surface area contributed by atoms with E-state index in [-0.39, 0.29) is 6.42 Å². The molecule has 0 saturated carbocycles. The van der Waals surface area contributed by atoms with Crippen molar-refractivity contribution in [1.82, 2.24) is 16.0 Å². The molecule has 0 aliphatic heterocycles. The van der Waals surface area contributed by atoms with Crippen LogP contribution in [0.3, 0.4) is 0 Å². The molecule has 0 saturated heterocycles. The van der Waals surface area contributed by atoms with Crippen LogP contribution >= 0.6 is 0 Å². The highest BCUT2D eigenvalue weighted by molar-refractivity contribution is 5.94. The standard InChI is InChI=1S/C14H23N5O8/c1-6(12(25)17-5-11(23)24)18-14(27)8(2-3-10(21)22)19-13(26)7(15)4-9(16)20/h6-8H,2-5,15H2,1H3,(H2,16,20)(H,17,25)(H,18,27)(H,19,26)(H,21,22)(H,23,24). The summed E-state index contributed by atoms with van der Waals surface area (Å²) in [5.41, 5.74) is 10.4. The van der Waals surface area contributed by atoms with Gasteiger partial charge in [0.2, 0.25) is 23.6 Å². The Bertz CT molecular complexity index is 608. The van der Waals surface area contributed by atoms with Crippen LogP contribution in [0.15, 0.2) is 0 Å². The molecule has 27 heavy (non-hydrogen) atoms. The van der Waals surface area contributed by atoms with Crippen LogP contribution in [-0.2, 0) is 28.8 Å². The maximum absolute atomic E-state index is 12.2. The largest absolute Gasteiger partial charge is 0.481 e. The zero-order valence-electron chi connectivity index (χ0n) is 14.6. The van der Waals surface area contributed by atoms with Gasteiger partial charge in [-0.2, -0.15) is 0 Å². The lowest BCUT2D eigenvalue weighted by Crippen LogP contribution is -2.55. The summed E-state index contributed by atoms with van der Waals surface area (Å²) in [6.45, 7) is 0.615. The van der Waals surface area contributed by atoms with E-state index in [1.807, 2.05) is 0 Å². The van der Waals surface area contributed by atoms with Gasteiger partial charge in [0.15, 0.2) is 0 Å². The zero-order valence-corrected chi connectivity index (χ0v) is 14.6. The van der Waals surface area contributed by atoms with Crippen molar-refractivity contribution >= 4 is 35.6 Å². The Balaban J connectivity index is 4.94. The molecule has 0 radical (unpaired) electrons. The fraction of sp³-hybridized carbons (Fsp3) is 0.571. The van der Waals surface area contributed by atoms with E-state index in [9.17, 15) is 28.8 Å². The Kier molecular flexibility index (Phi) is 10.0. The predicted molar refractivity (Wildman–Crippen MR) is 88.8 cm³/mol. The smallest absolute Gasteiger partial charge is 0.322 e. The van der Waals surface area contributed by atoms with Crippen molar-refractivity contribution in [1.29, 1.82) is 0 Å². The molecule has 13 nitrogen and oxygen atoms in total. The number of carboxylic acids is 2. The minimum Gasteiger partial charge on any atom is -0.481 e. The van der Waals surface area contributed by atoms with Gasteiger partial charge in [0.1, 0.15) is 18.6 Å². The van der Waals surface area contributed by atoms with E-state index < -0.39 is 73.1 Å². The zero-order chi connectivity index (χ0) is 21.1. The fourth-order valence-electron chi connectivity index (χ4n) is 1.82. The molecule has 0 aromatic rings. The molecule has 0 aliphatic rings. The molecule has 0 aromatic heterocycles. The SMILES string of the molecule is CC(NC(=O)C(CCC(=O)O)NC(=O)C(N)CC(N)=O)C(=O)NCC(=O)O. The van der Waals surface area contributed by atoms with Crippen LogP contribution in [0.4, 0.5) is 0 Å². The summed E-state index contributed by atoms with van der Waals surface area (Å²) >= 11 is 0. The Morgan fingerprint density at radius 1 is 0.926 bits per heavy atom. The summed E-state index contributed by atoms with van der Waals surface area (Å²) in [4.78, 5) is 67.8. The van der Waals surface area contributed by atoms with Gasteiger partial charge in [-0.1, -0.05) is 0 Å². The summed E-state index contributed by atoms with van der Waals surface area (Å²) < 4.78 is 0. The monoisotopic (exact) mass is 389 g/mol. The van der Waals surface area contributed by atoms with E-state index in [1.54, 1.807) is 0 Å². The lowest BCUT2D eigenvalue weighted by Gasteiger charge is -2.22. The molecule has 3 atom stereocenters. The van der Waals surface area contributed by atoms with Crippen LogP contribution in [-0.4, -0.2) is 70.5 Å². The summed E-state index contributed by atoms with van der Waals surface area (Å²) in [7, 11) is 0. The Hall–Kier alpha value is -3.22. The van der Waals surface area contributed by atoms with E-state index in [4.69, 9.17) is 21.7 Å². The van der Waals surface area contributed by atoms with Crippen LogP contribution in [0.5, 0.6) is 0 Å². The minimum atomic E-state index is -1.35. The summed E-state index contributed by atoms with van der Waals surface area (Å²) in [6, 6.07) is -3.83. The fourth-order valence-corrected chi connectivity index (χ4v) is 1.82. The third-order valence-electron chi connectivity index (χ3n) is 3.20. The van der Waals surface area contributed by atoms with E-state index in [2.05, 4.69) is 16.0 Å². The second-order valence-electron chi connectivity index (χ2n) is 5.61. The number of carbonyl (C=O) groups is 6. The minimum absolute atomic E-state index is 0.306. The van der Waals surface area contributed by atoms with Gasteiger partial charge in [-0.3, -0.25) is 28.8 Å². The highest BCUT2D eigenvalue weighted by Crippen LogP contribution is 2.01. The first-order valence-electron chi connectivity index (χ1n) is 7.80. The summed E-state index contributed by atoms with van der Waals surface area (Å²) in [6.07, 6.45) is -1.25. The first-order chi connectivity index (χ1) is 12.4. The van der Waals surface area contributed by atoms with Gasteiger partial charge in [0.25, 0.3) is 0 Å². The molecule has 0 bridgehead atoms. The van der Waals surface area contributed by atoms with Gasteiger partial charge in [-0.05, 0) is 13.3 Å². The molecule has 13 heteroatoms. The highest BCUT2D eigenvalue weighted by Gasteiger charge is 2.27. The van der Waals surface area contributed by atoms with Gasteiger partial charge >= 0.3 is 11.9 Å². The van der Waals surface area contributed by atoms with E-state index in [1.165, 1.54) is 6.92 Å². The number of hydrogen-bond acceptors (Lipinski definition) is 7. The number of rotatable bonds is 12. The highest BCUT2D eigenvalue weighted by atomic mass is 16.4. The average molecular weight is 389 g/mol. The number of amides is 4. The number of hydrogen-bond donors (Lipinski definition) is 7. The van der Waals surface area contributed by atoms with Crippen molar-refractivity contribution in [3.8, 4) is 0 Å². The maximum Gasteiger partial charge on any atom is 0.322 e. The topological polar surface area (TPSA) is 231 Å². The van der Waals surface area contributed by atoms with Gasteiger partial charge in [-0.25, -0.2) is 0 Å². The molecule has 0 spiro atoms. The van der Waals surface area contributed by atoms with Crippen LogP contribution in [0, 0.1) is 0 Å². The number of primary amides is 1. The Morgan fingerprint density at radius 2 is 1.52 bits per heavy atom. The van der Waals surface area contributed by atoms with Gasteiger partial charge < -0.3 is 37.6 Å².